The first-order valence-electron chi connectivity index (χ1n) is 7.35. The largest absolute Gasteiger partial charge is 0.339 e. The highest BCUT2D eigenvalue weighted by Crippen LogP contribution is 2.23. The molecule has 1 amide bonds. The van der Waals surface area contributed by atoms with Gasteiger partial charge in [0.05, 0.1) is 10.0 Å². The van der Waals surface area contributed by atoms with Gasteiger partial charge in [-0.1, -0.05) is 59.6 Å². The zero-order valence-electron chi connectivity index (χ0n) is 12.6. The van der Waals surface area contributed by atoms with Gasteiger partial charge in [-0.25, -0.2) is 0 Å². The van der Waals surface area contributed by atoms with Gasteiger partial charge in [0.2, 0.25) is 5.91 Å². The minimum absolute atomic E-state index is 0.150. The zero-order valence-corrected chi connectivity index (χ0v) is 14.1. The molecule has 22 heavy (non-hydrogen) atoms. The van der Waals surface area contributed by atoms with Crippen molar-refractivity contribution >= 4 is 29.1 Å². The molecule has 0 radical (unpaired) electrons. The molecule has 116 valence electrons. The van der Waals surface area contributed by atoms with Gasteiger partial charge in [0.1, 0.15) is 0 Å². The van der Waals surface area contributed by atoms with Crippen LogP contribution in [0.5, 0.6) is 0 Å². The quantitative estimate of drug-likeness (QED) is 0.729. The van der Waals surface area contributed by atoms with E-state index < -0.39 is 0 Å². The molecule has 0 saturated heterocycles. The number of hydrogen-bond donors (Lipinski definition) is 0. The Hall–Kier alpha value is -1.51. The number of nitrogens with zero attached hydrogens (tertiary/aromatic N) is 1. The molecule has 0 aliphatic carbocycles. The van der Waals surface area contributed by atoms with Crippen LogP contribution in [0.4, 0.5) is 0 Å². The summed E-state index contributed by atoms with van der Waals surface area (Å²) in [4.78, 5) is 14.2. The van der Waals surface area contributed by atoms with Gasteiger partial charge in [-0.3, -0.25) is 4.79 Å². The van der Waals surface area contributed by atoms with Gasteiger partial charge in [0.15, 0.2) is 0 Å². The van der Waals surface area contributed by atoms with Gasteiger partial charge in [-0.05, 0) is 36.6 Å². The predicted molar refractivity (Wildman–Crippen MR) is 92.3 cm³/mol. The molecule has 2 rings (SSSR count). The number of carbonyl (C=O) groups excluding carboxylic acids is 1. The Morgan fingerprint density at radius 1 is 1.00 bits per heavy atom. The van der Waals surface area contributed by atoms with Crippen LogP contribution in [0.2, 0.25) is 10.0 Å². The summed E-state index contributed by atoms with van der Waals surface area (Å²) in [7, 11) is 0. The molecular formula is C18H19Cl2NO. The van der Waals surface area contributed by atoms with Crippen LogP contribution in [0.3, 0.4) is 0 Å². The fourth-order valence-electron chi connectivity index (χ4n) is 2.28. The highest BCUT2D eigenvalue weighted by Gasteiger charge is 2.12. The molecule has 0 atom stereocenters. The molecule has 0 unspecified atom stereocenters. The van der Waals surface area contributed by atoms with Crippen LogP contribution in [-0.4, -0.2) is 17.4 Å². The Morgan fingerprint density at radius 2 is 1.73 bits per heavy atom. The molecule has 0 aliphatic rings. The average Bonchev–Trinajstić information content (AvgIpc) is 2.54. The second-order valence-electron chi connectivity index (χ2n) is 5.14. The standard InChI is InChI=1S/C18H19Cl2NO/c1-2-21(13-15-6-4-3-5-7-15)18(22)11-9-14-8-10-16(19)17(20)12-14/h3-8,10,12H,2,9,11,13H2,1H3. The normalized spacial score (nSPS) is 10.5. The lowest BCUT2D eigenvalue weighted by molar-refractivity contribution is -0.131. The van der Waals surface area contributed by atoms with Gasteiger partial charge in [0, 0.05) is 19.5 Å². The first-order chi connectivity index (χ1) is 10.6. The first-order valence-corrected chi connectivity index (χ1v) is 8.11. The van der Waals surface area contributed by atoms with Crippen molar-refractivity contribution in [3.05, 3.63) is 69.7 Å². The number of hydrogen-bond acceptors (Lipinski definition) is 1. The van der Waals surface area contributed by atoms with E-state index in [1.165, 1.54) is 0 Å². The summed E-state index contributed by atoms with van der Waals surface area (Å²) in [6, 6.07) is 15.5. The molecule has 4 heteroatoms. The maximum atomic E-state index is 12.4. The van der Waals surface area contributed by atoms with Crippen molar-refractivity contribution in [2.45, 2.75) is 26.3 Å². The van der Waals surface area contributed by atoms with E-state index in [4.69, 9.17) is 23.2 Å². The maximum absolute atomic E-state index is 12.4. The number of amides is 1. The molecule has 2 aromatic carbocycles. The average molecular weight is 336 g/mol. The Labute approximate surface area is 141 Å². The van der Waals surface area contributed by atoms with E-state index in [9.17, 15) is 4.79 Å². The van der Waals surface area contributed by atoms with Crippen LogP contribution in [0.25, 0.3) is 0 Å². The SMILES string of the molecule is CCN(Cc1ccccc1)C(=O)CCc1ccc(Cl)c(Cl)c1. The van der Waals surface area contributed by atoms with Gasteiger partial charge >= 0.3 is 0 Å². The highest BCUT2D eigenvalue weighted by atomic mass is 35.5. The van der Waals surface area contributed by atoms with Crippen LogP contribution >= 0.6 is 23.2 Å². The zero-order chi connectivity index (χ0) is 15.9. The van der Waals surface area contributed by atoms with Crippen LogP contribution in [0.1, 0.15) is 24.5 Å². The first kappa shape index (κ1) is 16.9. The summed E-state index contributed by atoms with van der Waals surface area (Å²) in [6.07, 6.45) is 1.14. The van der Waals surface area contributed by atoms with Crippen molar-refractivity contribution in [1.82, 2.24) is 4.90 Å². The molecule has 0 spiro atoms. The number of rotatable bonds is 6. The van der Waals surface area contributed by atoms with Crippen molar-refractivity contribution in [3.8, 4) is 0 Å². The summed E-state index contributed by atoms with van der Waals surface area (Å²) in [5, 5.41) is 1.07. The fourth-order valence-corrected chi connectivity index (χ4v) is 2.61. The van der Waals surface area contributed by atoms with Crippen molar-refractivity contribution in [2.75, 3.05) is 6.54 Å². The van der Waals surface area contributed by atoms with E-state index in [1.807, 2.05) is 54.3 Å². The molecule has 0 saturated carbocycles. The number of aryl methyl sites for hydroxylation is 1. The Kier molecular flexibility index (Phi) is 6.29. The monoisotopic (exact) mass is 335 g/mol. The minimum atomic E-state index is 0.150. The predicted octanol–water partition coefficient (Wildman–Crippen LogP) is 4.97. The van der Waals surface area contributed by atoms with Gasteiger partial charge < -0.3 is 4.90 Å². The summed E-state index contributed by atoms with van der Waals surface area (Å²) in [5.74, 6) is 0.150. The molecular weight excluding hydrogens is 317 g/mol. The summed E-state index contributed by atoms with van der Waals surface area (Å²) in [5.41, 5.74) is 2.17. The van der Waals surface area contributed by atoms with E-state index in [1.54, 1.807) is 6.07 Å². The van der Waals surface area contributed by atoms with Crippen molar-refractivity contribution in [3.63, 3.8) is 0 Å². The van der Waals surface area contributed by atoms with Gasteiger partial charge in [-0.2, -0.15) is 0 Å². The van der Waals surface area contributed by atoms with E-state index >= 15 is 0 Å². The lowest BCUT2D eigenvalue weighted by atomic mass is 10.1. The molecule has 0 N–H and O–H groups in total. The topological polar surface area (TPSA) is 20.3 Å². The van der Waals surface area contributed by atoms with Crippen LogP contribution in [0.15, 0.2) is 48.5 Å². The number of carbonyl (C=O) groups is 1. The van der Waals surface area contributed by atoms with E-state index in [0.29, 0.717) is 36.0 Å². The van der Waals surface area contributed by atoms with Crippen LogP contribution in [0, 0.1) is 0 Å². The van der Waals surface area contributed by atoms with Crippen LogP contribution in [-0.2, 0) is 17.8 Å². The van der Waals surface area contributed by atoms with Crippen molar-refractivity contribution in [2.24, 2.45) is 0 Å². The number of halogens is 2. The highest BCUT2D eigenvalue weighted by molar-refractivity contribution is 6.42. The van der Waals surface area contributed by atoms with E-state index in [0.717, 1.165) is 11.1 Å². The third kappa shape index (κ3) is 4.75. The van der Waals surface area contributed by atoms with Crippen molar-refractivity contribution < 1.29 is 4.79 Å². The molecule has 2 nitrogen and oxygen atoms in total. The lowest BCUT2D eigenvalue weighted by Gasteiger charge is -2.21. The number of benzene rings is 2. The van der Waals surface area contributed by atoms with Crippen molar-refractivity contribution in [1.29, 1.82) is 0 Å². The molecule has 0 bridgehead atoms. The molecule has 0 fully saturated rings. The summed E-state index contributed by atoms with van der Waals surface area (Å²) < 4.78 is 0. The molecule has 2 aromatic rings. The molecule has 0 aliphatic heterocycles. The van der Waals surface area contributed by atoms with Gasteiger partial charge in [0.25, 0.3) is 0 Å². The minimum Gasteiger partial charge on any atom is -0.339 e. The Morgan fingerprint density at radius 3 is 2.36 bits per heavy atom. The maximum Gasteiger partial charge on any atom is 0.223 e. The Bertz CT molecular complexity index is 628. The molecule has 0 aromatic heterocycles. The van der Waals surface area contributed by atoms with Crippen LogP contribution < -0.4 is 0 Å². The lowest BCUT2D eigenvalue weighted by Crippen LogP contribution is -2.30. The van der Waals surface area contributed by atoms with E-state index in [-0.39, 0.29) is 5.91 Å². The Balaban J connectivity index is 1.93. The fraction of sp³-hybridized carbons (Fsp3) is 0.278. The summed E-state index contributed by atoms with van der Waals surface area (Å²) in [6.45, 7) is 3.35. The smallest absolute Gasteiger partial charge is 0.223 e. The van der Waals surface area contributed by atoms with Gasteiger partial charge in [-0.15, -0.1) is 0 Å². The second kappa shape index (κ2) is 8.21. The van der Waals surface area contributed by atoms with E-state index in [2.05, 4.69) is 0 Å². The second-order valence-corrected chi connectivity index (χ2v) is 5.96. The summed E-state index contributed by atoms with van der Waals surface area (Å²) >= 11 is 11.9. The third-order valence-electron chi connectivity index (χ3n) is 3.56. The third-order valence-corrected chi connectivity index (χ3v) is 4.30. The molecule has 0 heterocycles.